The number of aromatic nitrogens is 3. The van der Waals surface area contributed by atoms with Gasteiger partial charge < -0.3 is 9.84 Å². The maximum atomic E-state index is 13.6. The topological polar surface area (TPSA) is 73.0 Å². The van der Waals surface area contributed by atoms with Gasteiger partial charge >= 0.3 is 0 Å². The van der Waals surface area contributed by atoms with Gasteiger partial charge in [0.05, 0.1) is 36.1 Å². The second-order valence-electron chi connectivity index (χ2n) is 6.89. The average molecular weight is 368 g/mol. The van der Waals surface area contributed by atoms with Crippen LogP contribution in [0.25, 0.3) is 11.3 Å². The van der Waals surface area contributed by atoms with Crippen molar-refractivity contribution in [3.05, 3.63) is 59.3 Å². The standard InChI is InChI=1S/C20H21FN4O2/c1-13-10-18(27-24-13)16-12-23-25(20(16)14-6-7-14)9-8-22-19(26)11-15-4-2-3-5-17(15)21/h2-5,10,12,14H,6-9,11H2,1H3,(H,22,26). The number of nitrogens with zero attached hydrogens (tertiary/aromatic N) is 3. The Morgan fingerprint density at radius 3 is 2.89 bits per heavy atom. The lowest BCUT2D eigenvalue weighted by Gasteiger charge is -2.10. The van der Waals surface area contributed by atoms with Gasteiger partial charge in [0.2, 0.25) is 5.91 Å². The molecule has 0 spiro atoms. The van der Waals surface area contributed by atoms with Crippen molar-refractivity contribution in [2.45, 2.75) is 38.6 Å². The molecule has 1 aliphatic rings. The molecule has 0 unspecified atom stereocenters. The molecule has 2 aromatic heterocycles. The molecule has 2 heterocycles. The number of amides is 1. The Morgan fingerprint density at radius 1 is 1.37 bits per heavy atom. The molecule has 4 rings (SSSR count). The van der Waals surface area contributed by atoms with Crippen LogP contribution in [-0.2, 0) is 17.8 Å². The summed E-state index contributed by atoms with van der Waals surface area (Å²) in [5, 5.41) is 11.3. The summed E-state index contributed by atoms with van der Waals surface area (Å²) in [6.45, 7) is 2.88. The molecular formula is C20H21FN4O2. The average Bonchev–Trinajstić information content (AvgIpc) is 3.26. The van der Waals surface area contributed by atoms with Gasteiger partial charge in [-0.05, 0) is 31.4 Å². The first-order chi connectivity index (χ1) is 13.1. The number of carbonyl (C=O) groups is 1. The van der Waals surface area contributed by atoms with E-state index in [0.717, 1.165) is 35.6 Å². The zero-order chi connectivity index (χ0) is 18.8. The summed E-state index contributed by atoms with van der Waals surface area (Å²) in [5.41, 5.74) is 3.33. The Labute approximate surface area is 156 Å². The van der Waals surface area contributed by atoms with Crippen molar-refractivity contribution in [3.8, 4) is 11.3 Å². The van der Waals surface area contributed by atoms with Crippen LogP contribution in [0.2, 0.25) is 0 Å². The molecule has 0 aliphatic heterocycles. The number of hydrogen-bond donors (Lipinski definition) is 1. The first-order valence-electron chi connectivity index (χ1n) is 9.11. The molecule has 0 saturated heterocycles. The normalized spacial score (nSPS) is 13.7. The van der Waals surface area contributed by atoms with Crippen LogP contribution < -0.4 is 5.32 Å². The largest absolute Gasteiger partial charge is 0.356 e. The van der Waals surface area contributed by atoms with Crippen LogP contribution in [0, 0.1) is 12.7 Å². The van der Waals surface area contributed by atoms with Crippen molar-refractivity contribution in [2.24, 2.45) is 0 Å². The van der Waals surface area contributed by atoms with Gasteiger partial charge in [-0.3, -0.25) is 9.48 Å². The third-order valence-electron chi connectivity index (χ3n) is 4.69. The first-order valence-corrected chi connectivity index (χ1v) is 9.11. The summed E-state index contributed by atoms with van der Waals surface area (Å²) in [4.78, 5) is 12.1. The molecule has 7 heteroatoms. The monoisotopic (exact) mass is 368 g/mol. The second kappa shape index (κ2) is 7.34. The Hall–Kier alpha value is -2.96. The van der Waals surface area contributed by atoms with Crippen LogP contribution in [0.15, 0.2) is 41.1 Å². The third-order valence-corrected chi connectivity index (χ3v) is 4.69. The van der Waals surface area contributed by atoms with Gasteiger partial charge in [0.1, 0.15) is 5.82 Å². The number of benzene rings is 1. The van der Waals surface area contributed by atoms with E-state index in [2.05, 4.69) is 15.6 Å². The van der Waals surface area contributed by atoms with Gasteiger partial charge in [-0.25, -0.2) is 4.39 Å². The number of rotatable bonds is 7. The van der Waals surface area contributed by atoms with Crippen LogP contribution in [0.4, 0.5) is 4.39 Å². The van der Waals surface area contributed by atoms with Gasteiger partial charge in [0.15, 0.2) is 5.76 Å². The fourth-order valence-corrected chi connectivity index (χ4v) is 3.22. The SMILES string of the molecule is Cc1cc(-c2cnn(CCNC(=O)Cc3ccccc3F)c2C2CC2)on1. The molecule has 1 amide bonds. The number of nitrogens with one attached hydrogen (secondary N) is 1. The van der Waals surface area contributed by atoms with E-state index in [0.29, 0.717) is 24.6 Å². The van der Waals surface area contributed by atoms with Gasteiger partial charge in [-0.2, -0.15) is 5.10 Å². The molecule has 1 fully saturated rings. The molecule has 27 heavy (non-hydrogen) atoms. The van der Waals surface area contributed by atoms with Crippen molar-refractivity contribution in [1.82, 2.24) is 20.3 Å². The number of carbonyl (C=O) groups excluding carboxylic acids is 1. The van der Waals surface area contributed by atoms with E-state index in [1.54, 1.807) is 24.4 Å². The summed E-state index contributed by atoms with van der Waals surface area (Å²) in [6, 6.07) is 8.23. The van der Waals surface area contributed by atoms with Crippen molar-refractivity contribution in [2.75, 3.05) is 6.54 Å². The molecule has 1 saturated carbocycles. The minimum atomic E-state index is -0.359. The molecule has 1 N–H and O–H groups in total. The minimum Gasteiger partial charge on any atom is -0.356 e. The van der Waals surface area contributed by atoms with E-state index in [4.69, 9.17) is 4.52 Å². The highest BCUT2D eigenvalue weighted by atomic mass is 19.1. The Morgan fingerprint density at radius 2 is 2.19 bits per heavy atom. The summed E-state index contributed by atoms with van der Waals surface area (Å²) in [5.74, 6) is 0.639. The maximum absolute atomic E-state index is 13.6. The molecule has 1 aromatic carbocycles. The van der Waals surface area contributed by atoms with E-state index in [-0.39, 0.29) is 18.1 Å². The molecule has 6 nitrogen and oxygen atoms in total. The summed E-state index contributed by atoms with van der Waals surface area (Å²) < 4.78 is 21.0. The fourth-order valence-electron chi connectivity index (χ4n) is 3.22. The predicted molar refractivity (Wildman–Crippen MR) is 97.5 cm³/mol. The molecular weight excluding hydrogens is 347 g/mol. The van der Waals surface area contributed by atoms with Crippen LogP contribution >= 0.6 is 0 Å². The first kappa shape index (κ1) is 17.5. The molecule has 0 bridgehead atoms. The summed E-state index contributed by atoms with van der Waals surface area (Å²) in [6.07, 6.45) is 4.09. The smallest absolute Gasteiger partial charge is 0.224 e. The van der Waals surface area contributed by atoms with Crippen LogP contribution in [0.1, 0.15) is 35.7 Å². The Kier molecular flexibility index (Phi) is 4.75. The summed E-state index contributed by atoms with van der Waals surface area (Å²) >= 11 is 0. The van der Waals surface area contributed by atoms with Crippen molar-refractivity contribution in [3.63, 3.8) is 0 Å². The highest BCUT2D eigenvalue weighted by Gasteiger charge is 2.31. The highest BCUT2D eigenvalue weighted by Crippen LogP contribution is 2.44. The second-order valence-corrected chi connectivity index (χ2v) is 6.89. The van der Waals surface area contributed by atoms with Crippen LogP contribution in [0.5, 0.6) is 0 Å². The van der Waals surface area contributed by atoms with Crippen molar-refractivity contribution < 1.29 is 13.7 Å². The lowest BCUT2D eigenvalue weighted by molar-refractivity contribution is -0.120. The molecule has 0 atom stereocenters. The predicted octanol–water partition coefficient (Wildman–Crippen LogP) is 3.22. The minimum absolute atomic E-state index is 0.0316. The van der Waals surface area contributed by atoms with Crippen molar-refractivity contribution >= 4 is 5.91 Å². The van der Waals surface area contributed by atoms with E-state index in [1.807, 2.05) is 17.7 Å². The zero-order valence-corrected chi connectivity index (χ0v) is 15.1. The van der Waals surface area contributed by atoms with Crippen molar-refractivity contribution in [1.29, 1.82) is 0 Å². The van der Waals surface area contributed by atoms with Gasteiger partial charge in [-0.1, -0.05) is 23.4 Å². The van der Waals surface area contributed by atoms with Crippen LogP contribution in [-0.4, -0.2) is 27.4 Å². The maximum Gasteiger partial charge on any atom is 0.224 e. The van der Waals surface area contributed by atoms with Gasteiger partial charge in [0.25, 0.3) is 0 Å². The number of hydrogen-bond acceptors (Lipinski definition) is 4. The summed E-state index contributed by atoms with van der Waals surface area (Å²) in [7, 11) is 0. The fraction of sp³-hybridized carbons (Fsp3) is 0.350. The lowest BCUT2D eigenvalue weighted by atomic mass is 10.1. The van der Waals surface area contributed by atoms with Gasteiger partial charge in [-0.15, -0.1) is 0 Å². The quantitative estimate of drug-likeness (QED) is 0.695. The Bertz CT molecular complexity index is 959. The highest BCUT2D eigenvalue weighted by molar-refractivity contribution is 5.78. The lowest BCUT2D eigenvalue weighted by Crippen LogP contribution is -2.29. The molecule has 3 aromatic rings. The van der Waals surface area contributed by atoms with E-state index in [9.17, 15) is 9.18 Å². The van der Waals surface area contributed by atoms with E-state index >= 15 is 0 Å². The number of aryl methyl sites for hydroxylation is 1. The van der Waals surface area contributed by atoms with Gasteiger partial charge in [0, 0.05) is 18.5 Å². The third kappa shape index (κ3) is 3.92. The number of halogens is 1. The Balaban J connectivity index is 1.39. The van der Waals surface area contributed by atoms with E-state index < -0.39 is 0 Å². The van der Waals surface area contributed by atoms with Crippen LogP contribution in [0.3, 0.4) is 0 Å². The molecule has 140 valence electrons. The molecule has 0 radical (unpaired) electrons. The zero-order valence-electron chi connectivity index (χ0n) is 15.1. The molecule has 1 aliphatic carbocycles. The van der Waals surface area contributed by atoms with E-state index in [1.165, 1.54) is 6.07 Å².